The Balaban J connectivity index is 1.75. The summed E-state index contributed by atoms with van der Waals surface area (Å²) >= 11 is 0. The van der Waals surface area contributed by atoms with Crippen molar-refractivity contribution in [1.82, 2.24) is 0 Å². The maximum atomic E-state index is 6.23. The van der Waals surface area contributed by atoms with E-state index in [1.54, 1.807) is 0 Å². The van der Waals surface area contributed by atoms with Crippen LogP contribution in [0, 0.1) is 0 Å². The quantitative estimate of drug-likeness (QED) is 0.281. The molecule has 0 saturated heterocycles. The fourth-order valence-corrected chi connectivity index (χ4v) is 4.57. The molecule has 0 spiro atoms. The van der Waals surface area contributed by atoms with E-state index in [2.05, 4.69) is 91.0 Å². The van der Waals surface area contributed by atoms with Crippen molar-refractivity contribution < 1.29 is 4.74 Å². The second-order valence-corrected chi connectivity index (χ2v) is 7.34. The van der Waals surface area contributed by atoms with Gasteiger partial charge < -0.3 is 4.74 Å². The van der Waals surface area contributed by atoms with Crippen LogP contribution in [0.3, 0.4) is 0 Å². The van der Waals surface area contributed by atoms with Gasteiger partial charge in [0.1, 0.15) is 11.5 Å². The summed E-state index contributed by atoms with van der Waals surface area (Å²) in [5.41, 5.74) is 3.78. The Morgan fingerprint density at radius 2 is 1.00 bits per heavy atom. The van der Waals surface area contributed by atoms with E-state index in [1.165, 1.54) is 38.2 Å². The van der Waals surface area contributed by atoms with E-state index < -0.39 is 0 Å². The van der Waals surface area contributed by atoms with Gasteiger partial charge in [-0.25, -0.2) is 0 Å². The van der Waals surface area contributed by atoms with Crippen LogP contribution in [0.1, 0.15) is 22.6 Å². The van der Waals surface area contributed by atoms with E-state index in [-0.39, 0.29) is 5.92 Å². The number of hydrogen-bond donors (Lipinski definition) is 0. The lowest BCUT2D eigenvalue weighted by atomic mass is 9.79. The number of hydrogen-bond acceptors (Lipinski definition) is 1. The molecule has 0 aromatic heterocycles. The van der Waals surface area contributed by atoms with Crippen molar-refractivity contribution in [3.05, 3.63) is 120 Å². The largest absolute Gasteiger partial charge is 0.457 e. The zero-order valence-corrected chi connectivity index (χ0v) is 15.3. The van der Waals surface area contributed by atoms with Crippen molar-refractivity contribution in [2.45, 2.75) is 5.92 Å². The molecule has 1 aliphatic rings. The minimum atomic E-state index is 0.149. The van der Waals surface area contributed by atoms with Gasteiger partial charge in [-0.05, 0) is 45.3 Å². The number of fused-ring (bicyclic) bond motifs is 5. The summed E-state index contributed by atoms with van der Waals surface area (Å²) in [5, 5.41) is 5.18. The molecule has 0 saturated carbocycles. The van der Waals surface area contributed by atoms with Crippen molar-refractivity contribution in [2.75, 3.05) is 0 Å². The predicted molar refractivity (Wildman–Crippen MR) is 115 cm³/mol. The van der Waals surface area contributed by atoms with Crippen LogP contribution in [0.2, 0.25) is 0 Å². The molecule has 6 rings (SSSR count). The first-order chi connectivity index (χ1) is 13.9. The normalized spacial score (nSPS) is 13.1. The van der Waals surface area contributed by atoms with Crippen molar-refractivity contribution in [3.63, 3.8) is 0 Å². The number of benzene rings is 5. The standard InChI is InChI=1S/C27H18O/c1-2-10-19-18(9-1)17-24(21-12-4-3-11-20(19)21)27-22-13-5-7-15-25(22)28-26-16-8-6-14-23(26)27/h1-17,27H. The molecule has 1 aliphatic heterocycles. The average molecular weight is 358 g/mol. The first-order valence-electron chi connectivity index (χ1n) is 9.66. The molecule has 1 heterocycles. The number of rotatable bonds is 1. The first-order valence-corrected chi connectivity index (χ1v) is 9.66. The Hall–Kier alpha value is -3.58. The maximum absolute atomic E-state index is 6.23. The topological polar surface area (TPSA) is 9.23 Å². The van der Waals surface area contributed by atoms with Crippen molar-refractivity contribution in [2.24, 2.45) is 0 Å². The molecule has 0 atom stereocenters. The summed E-state index contributed by atoms with van der Waals surface area (Å²) in [6.45, 7) is 0. The fourth-order valence-electron chi connectivity index (χ4n) is 4.57. The maximum Gasteiger partial charge on any atom is 0.131 e. The summed E-state index contributed by atoms with van der Waals surface area (Å²) in [5.74, 6) is 2.04. The van der Waals surface area contributed by atoms with Gasteiger partial charge in [0.15, 0.2) is 0 Å². The second-order valence-electron chi connectivity index (χ2n) is 7.34. The molecule has 0 unspecified atom stereocenters. The third kappa shape index (κ3) is 2.20. The van der Waals surface area contributed by atoms with Crippen molar-refractivity contribution in [1.29, 1.82) is 0 Å². The monoisotopic (exact) mass is 358 g/mol. The molecule has 0 bridgehead atoms. The van der Waals surface area contributed by atoms with Crippen LogP contribution in [0.25, 0.3) is 21.5 Å². The van der Waals surface area contributed by atoms with Gasteiger partial charge in [-0.3, -0.25) is 0 Å². The molecule has 0 amide bonds. The van der Waals surface area contributed by atoms with Crippen LogP contribution >= 0.6 is 0 Å². The Bertz CT molecular complexity index is 1300. The molecule has 132 valence electrons. The van der Waals surface area contributed by atoms with Gasteiger partial charge in [-0.15, -0.1) is 0 Å². The lowest BCUT2D eigenvalue weighted by Crippen LogP contribution is -2.12. The van der Waals surface area contributed by atoms with Crippen LogP contribution in [0.5, 0.6) is 11.5 Å². The molecule has 0 aliphatic carbocycles. The Morgan fingerprint density at radius 3 is 1.71 bits per heavy atom. The zero-order valence-electron chi connectivity index (χ0n) is 15.3. The van der Waals surface area contributed by atoms with Gasteiger partial charge in [0.2, 0.25) is 0 Å². The highest BCUT2D eigenvalue weighted by molar-refractivity contribution is 6.09. The molecule has 0 fully saturated rings. The lowest BCUT2D eigenvalue weighted by molar-refractivity contribution is 0.453. The molecule has 0 N–H and O–H groups in total. The summed E-state index contributed by atoms with van der Waals surface area (Å²) in [6, 6.07) is 36.6. The highest BCUT2D eigenvalue weighted by atomic mass is 16.5. The number of para-hydroxylation sites is 2. The molecule has 28 heavy (non-hydrogen) atoms. The Labute approximate surface area is 163 Å². The van der Waals surface area contributed by atoms with Crippen LogP contribution < -0.4 is 4.74 Å². The number of ether oxygens (including phenoxy) is 1. The van der Waals surface area contributed by atoms with Crippen molar-refractivity contribution >= 4 is 21.5 Å². The van der Waals surface area contributed by atoms with E-state index in [0.717, 1.165) is 11.5 Å². The summed E-state index contributed by atoms with van der Waals surface area (Å²) in [4.78, 5) is 0. The summed E-state index contributed by atoms with van der Waals surface area (Å²) < 4.78 is 6.23. The average Bonchev–Trinajstić information content (AvgIpc) is 2.77. The second kappa shape index (κ2) is 5.97. The van der Waals surface area contributed by atoms with E-state index >= 15 is 0 Å². The van der Waals surface area contributed by atoms with Gasteiger partial charge in [-0.2, -0.15) is 0 Å². The van der Waals surface area contributed by atoms with Crippen LogP contribution in [0.15, 0.2) is 103 Å². The SMILES string of the molecule is c1ccc2c(c1)Oc1ccccc1C2c1cc2ccccc2c2ccccc12. The lowest BCUT2D eigenvalue weighted by Gasteiger charge is -2.29. The zero-order chi connectivity index (χ0) is 18.5. The van der Waals surface area contributed by atoms with Gasteiger partial charge in [0.25, 0.3) is 0 Å². The fraction of sp³-hybridized carbons (Fsp3) is 0.0370. The smallest absolute Gasteiger partial charge is 0.131 e. The minimum absolute atomic E-state index is 0.149. The van der Waals surface area contributed by atoms with Gasteiger partial charge in [0, 0.05) is 17.0 Å². The molecule has 1 nitrogen and oxygen atoms in total. The van der Waals surface area contributed by atoms with Gasteiger partial charge in [-0.1, -0.05) is 84.9 Å². The third-order valence-corrected chi connectivity index (χ3v) is 5.79. The molecule has 0 radical (unpaired) electrons. The van der Waals surface area contributed by atoms with E-state index in [9.17, 15) is 0 Å². The summed E-state index contributed by atoms with van der Waals surface area (Å²) in [6.07, 6.45) is 0. The molecule has 5 aromatic rings. The van der Waals surface area contributed by atoms with Crippen molar-refractivity contribution in [3.8, 4) is 11.5 Å². The van der Waals surface area contributed by atoms with Gasteiger partial charge >= 0.3 is 0 Å². The molecular formula is C27H18O. The third-order valence-electron chi connectivity index (χ3n) is 5.79. The van der Waals surface area contributed by atoms with E-state index in [1.807, 2.05) is 12.1 Å². The molecular weight excluding hydrogens is 340 g/mol. The Kier molecular flexibility index (Phi) is 3.30. The van der Waals surface area contributed by atoms with Crippen LogP contribution in [0.4, 0.5) is 0 Å². The van der Waals surface area contributed by atoms with E-state index in [4.69, 9.17) is 4.74 Å². The molecule has 5 aromatic carbocycles. The van der Waals surface area contributed by atoms with Crippen LogP contribution in [-0.4, -0.2) is 0 Å². The predicted octanol–water partition coefficient (Wildman–Crippen LogP) is 7.28. The minimum Gasteiger partial charge on any atom is -0.457 e. The highest BCUT2D eigenvalue weighted by Crippen LogP contribution is 2.49. The molecule has 1 heteroatoms. The van der Waals surface area contributed by atoms with Crippen LogP contribution in [-0.2, 0) is 0 Å². The van der Waals surface area contributed by atoms with E-state index in [0.29, 0.717) is 0 Å². The van der Waals surface area contributed by atoms with Gasteiger partial charge in [0.05, 0.1) is 0 Å². The summed E-state index contributed by atoms with van der Waals surface area (Å²) in [7, 11) is 0. The Morgan fingerprint density at radius 1 is 0.464 bits per heavy atom. The highest BCUT2D eigenvalue weighted by Gasteiger charge is 2.29. The first kappa shape index (κ1) is 15.5.